The van der Waals surface area contributed by atoms with Crippen molar-refractivity contribution >= 4 is 16.8 Å². The number of nitrogens with zero attached hydrogens (tertiary/aromatic N) is 2. The molecule has 7 nitrogen and oxygen atoms in total. The van der Waals surface area contributed by atoms with Crippen LogP contribution in [0.5, 0.6) is 6.01 Å². The molecule has 122 valence electrons. The van der Waals surface area contributed by atoms with Gasteiger partial charge in [0.1, 0.15) is 5.39 Å². The molecule has 1 aliphatic rings. The fourth-order valence-corrected chi connectivity index (χ4v) is 2.35. The first kappa shape index (κ1) is 15.5. The molecule has 2 heterocycles. The molecular formula is C16H19N3O4. The van der Waals surface area contributed by atoms with Gasteiger partial charge < -0.3 is 9.25 Å². The predicted molar refractivity (Wildman–Crippen MR) is 86.0 cm³/mol. The Labute approximate surface area is 132 Å². The summed E-state index contributed by atoms with van der Waals surface area (Å²) < 4.78 is 5.06. The summed E-state index contributed by atoms with van der Waals surface area (Å²) in [5.41, 5.74) is 0.659. The van der Waals surface area contributed by atoms with Crippen molar-refractivity contribution in [1.29, 1.82) is 0 Å². The average molecular weight is 317 g/mol. The molecule has 0 unspecified atom stereocenters. The van der Waals surface area contributed by atoms with Crippen molar-refractivity contribution in [1.82, 2.24) is 9.97 Å². The van der Waals surface area contributed by atoms with Gasteiger partial charge in [-0.25, -0.2) is 4.79 Å². The summed E-state index contributed by atoms with van der Waals surface area (Å²) in [5.74, 6) is 0.463. The smallest absolute Gasteiger partial charge is 0.337 e. The van der Waals surface area contributed by atoms with Crippen LogP contribution in [0.15, 0.2) is 25.2 Å². The van der Waals surface area contributed by atoms with E-state index in [2.05, 4.69) is 29.0 Å². The van der Waals surface area contributed by atoms with E-state index < -0.39 is 5.63 Å². The van der Waals surface area contributed by atoms with Gasteiger partial charge in [-0.2, -0.15) is 4.98 Å². The highest BCUT2D eigenvalue weighted by Crippen LogP contribution is 2.18. The van der Waals surface area contributed by atoms with Crippen LogP contribution in [-0.2, 0) is 6.42 Å². The van der Waals surface area contributed by atoms with Crippen LogP contribution in [0.25, 0.3) is 11.1 Å². The van der Waals surface area contributed by atoms with E-state index in [0.29, 0.717) is 23.3 Å². The topological polar surface area (TPSA) is 97.5 Å². The van der Waals surface area contributed by atoms with Gasteiger partial charge in [0.05, 0.1) is 5.71 Å². The van der Waals surface area contributed by atoms with Crippen LogP contribution in [0.3, 0.4) is 0 Å². The lowest BCUT2D eigenvalue weighted by Gasteiger charge is -2.12. The molecule has 2 aromatic heterocycles. The summed E-state index contributed by atoms with van der Waals surface area (Å²) in [6, 6.07) is 1.29. The second-order valence-electron chi connectivity index (χ2n) is 6.18. The van der Waals surface area contributed by atoms with E-state index in [4.69, 9.17) is 9.25 Å². The van der Waals surface area contributed by atoms with E-state index in [-0.39, 0.29) is 17.3 Å². The van der Waals surface area contributed by atoms with E-state index in [1.54, 1.807) is 0 Å². The standard InChI is InChI=1S/C16H19N3O4/c1-9(2)6-7-10-8-12(20)22-15-13(10)14(21)17-16(18-15)23-19-11-4-3-5-11/h8-9H,3-7H2,1-2H3,(H,17,18,21). The van der Waals surface area contributed by atoms with Crippen LogP contribution >= 0.6 is 0 Å². The molecule has 0 aliphatic heterocycles. The lowest BCUT2D eigenvalue weighted by Crippen LogP contribution is -2.16. The highest BCUT2D eigenvalue weighted by atomic mass is 16.6. The molecule has 7 heteroatoms. The van der Waals surface area contributed by atoms with E-state index in [1.807, 2.05) is 0 Å². The molecule has 0 aromatic carbocycles. The summed E-state index contributed by atoms with van der Waals surface area (Å²) >= 11 is 0. The molecular weight excluding hydrogens is 298 g/mol. The molecule has 0 saturated heterocycles. The second kappa shape index (κ2) is 6.36. The number of H-pyrrole nitrogens is 1. The molecule has 0 amide bonds. The van der Waals surface area contributed by atoms with Gasteiger partial charge in [0.25, 0.3) is 5.56 Å². The van der Waals surface area contributed by atoms with Crippen molar-refractivity contribution in [3.05, 3.63) is 32.4 Å². The fraction of sp³-hybridized carbons (Fsp3) is 0.500. The first-order valence-corrected chi connectivity index (χ1v) is 7.82. The molecule has 0 spiro atoms. The minimum atomic E-state index is -0.523. The largest absolute Gasteiger partial charge is 0.403 e. The maximum absolute atomic E-state index is 12.3. The Morgan fingerprint density at radius 2 is 2.17 bits per heavy atom. The predicted octanol–water partition coefficient (Wildman–Crippen LogP) is 2.38. The number of aromatic amines is 1. The Kier molecular flexibility index (Phi) is 4.27. The van der Waals surface area contributed by atoms with E-state index in [0.717, 1.165) is 31.4 Å². The minimum absolute atomic E-state index is 0.0104. The SMILES string of the molecule is CC(C)CCc1cc(=O)oc2nc(ON=C3CCC3)[nH]c(=O)c12. The van der Waals surface area contributed by atoms with Crippen LogP contribution in [0.2, 0.25) is 0 Å². The Morgan fingerprint density at radius 1 is 1.39 bits per heavy atom. The molecule has 0 bridgehead atoms. The van der Waals surface area contributed by atoms with Crippen molar-refractivity contribution in [2.45, 2.75) is 46.0 Å². The highest BCUT2D eigenvalue weighted by Gasteiger charge is 2.15. The number of hydrogen-bond donors (Lipinski definition) is 1. The summed E-state index contributed by atoms with van der Waals surface area (Å²) in [6.45, 7) is 4.17. The van der Waals surface area contributed by atoms with Gasteiger partial charge in [0.15, 0.2) is 0 Å². The Balaban J connectivity index is 1.99. The number of aryl methyl sites for hydroxylation is 1. The Bertz CT molecular complexity index is 858. The number of nitrogens with one attached hydrogen (secondary N) is 1. The van der Waals surface area contributed by atoms with Gasteiger partial charge in [-0.15, -0.1) is 0 Å². The maximum Gasteiger partial charge on any atom is 0.337 e. The van der Waals surface area contributed by atoms with Crippen LogP contribution in [0.4, 0.5) is 0 Å². The quantitative estimate of drug-likeness (QED) is 0.854. The molecule has 1 fully saturated rings. The summed E-state index contributed by atoms with van der Waals surface area (Å²) in [4.78, 5) is 35.8. The lowest BCUT2D eigenvalue weighted by atomic mass is 9.98. The van der Waals surface area contributed by atoms with Gasteiger partial charge in [0.2, 0.25) is 5.71 Å². The lowest BCUT2D eigenvalue weighted by molar-refractivity contribution is 0.306. The van der Waals surface area contributed by atoms with Crippen molar-refractivity contribution in [3.8, 4) is 6.01 Å². The number of aromatic nitrogens is 2. The number of fused-ring (bicyclic) bond motifs is 1. The van der Waals surface area contributed by atoms with Gasteiger partial charge in [0, 0.05) is 6.07 Å². The first-order chi connectivity index (χ1) is 11.0. The average Bonchev–Trinajstić information content (AvgIpc) is 2.42. The summed E-state index contributed by atoms with van der Waals surface area (Å²) in [6.07, 6.45) is 4.37. The molecule has 1 saturated carbocycles. The third-order valence-electron chi connectivity index (χ3n) is 3.86. The summed E-state index contributed by atoms with van der Waals surface area (Å²) in [7, 11) is 0. The van der Waals surface area contributed by atoms with Crippen LogP contribution in [-0.4, -0.2) is 15.7 Å². The van der Waals surface area contributed by atoms with Crippen molar-refractivity contribution in [3.63, 3.8) is 0 Å². The van der Waals surface area contributed by atoms with Crippen molar-refractivity contribution < 1.29 is 9.25 Å². The minimum Gasteiger partial charge on any atom is -0.403 e. The Hall–Kier alpha value is -2.44. The number of rotatable bonds is 5. The van der Waals surface area contributed by atoms with Gasteiger partial charge in [-0.05, 0) is 43.6 Å². The van der Waals surface area contributed by atoms with Crippen LogP contribution in [0, 0.1) is 5.92 Å². The van der Waals surface area contributed by atoms with Crippen molar-refractivity contribution in [2.24, 2.45) is 11.1 Å². The van der Waals surface area contributed by atoms with E-state index in [9.17, 15) is 9.59 Å². The van der Waals surface area contributed by atoms with Gasteiger partial charge in [-0.3, -0.25) is 9.78 Å². The third-order valence-corrected chi connectivity index (χ3v) is 3.86. The molecule has 0 radical (unpaired) electrons. The third kappa shape index (κ3) is 3.49. The van der Waals surface area contributed by atoms with Crippen LogP contribution in [0.1, 0.15) is 45.1 Å². The zero-order valence-electron chi connectivity index (χ0n) is 13.2. The van der Waals surface area contributed by atoms with Crippen LogP contribution < -0.4 is 16.0 Å². The fourth-order valence-electron chi connectivity index (χ4n) is 2.35. The molecule has 1 aliphatic carbocycles. The van der Waals surface area contributed by atoms with Gasteiger partial charge >= 0.3 is 11.6 Å². The Morgan fingerprint density at radius 3 is 2.83 bits per heavy atom. The van der Waals surface area contributed by atoms with Gasteiger partial charge in [-0.1, -0.05) is 19.0 Å². The zero-order chi connectivity index (χ0) is 16.4. The monoisotopic (exact) mass is 317 g/mol. The molecule has 1 N–H and O–H groups in total. The highest BCUT2D eigenvalue weighted by molar-refractivity contribution is 5.88. The first-order valence-electron chi connectivity index (χ1n) is 7.82. The summed E-state index contributed by atoms with van der Waals surface area (Å²) in [5, 5.41) is 4.22. The number of hydrogen-bond acceptors (Lipinski definition) is 6. The molecule has 3 rings (SSSR count). The van der Waals surface area contributed by atoms with E-state index >= 15 is 0 Å². The van der Waals surface area contributed by atoms with E-state index in [1.165, 1.54) is 6.07 Å². The zero-order valence-corrected chi connectivity index (χ0v) is 13.2. The molecule has 0 atom stereocenters. The second-order valence-corrected chi connectivity index (χ2v) is 6.18. The maximum atomic E-state index is 12.3. The molecule has 23 heavy (non-hydrogen) atoms. The molecule has 2 aromatic rings. The number of oxime groups is 1. The normalized spacial score (nSPS) is 14.1. The van der Waals surface area contributed by atoms with Crippen molar-refractivity contribution in [2.75, 3.05) is 0 Å².